The Morgan fingerprint density at radius 1 is 1.30 bits per heavy atom. The van der Waals surface area contributed by atoms with Crippen LogP contribution in [0.5, 0.6) is 0 Å². The molecule has 1 unspecified atom stereocenters. The molecule has 0 bridgehead atoms. The first-order valence-corrected chi connectivity index (χ1v) is 7.28. The Morgan fingerprint density at radius 3 is 2.40 bits per heavy atom. The van der Waals surface area contributed by atoms with Crippen LogP contribution in [0, 0.1) is 5.92 Å². The quantitative estimate of drug-likeness (QED) is 0.786. The summed E-state index contributed by atoms with van der Waals surface area (Å²) >= 11 is 0. The lowest BCUT2D eigenvalue weighted by Crippen LogP contribution is -2.38. The van der Waals surface area contributed by atoms with Crippen LogP contribution in [0.25, 0.3) is 0 Å². The van der Waals surface area contributed by atoms with Crippen LogP contribution >= 0.6 is 0 Å². The maximum absolute atomic E-state index is 12.5. The number of benzene rings is 1. The van der Waals surface area contributed by atoms with Crippen molar-refractivity contribution in [1.29, 1.82) is 0 Å². The molecule has 0 saturated heterocycles. The standard InChI is InChI=1S/C16H27N3O/c1-6-12(7-2)11(3)18-16(20)14-10-13(17)8-9-15(14)19(4)5/h8-12H,6-7,17H2,1-5H3,(H,18,20). The molecule has 1 rings (SSSR count). The summed E-state index contributed by atoms with van der Waals surface area (Å²) in [5.74, 6) is 0.447. The Bertz CT molecular complexity index is 453. The molecule has 4 nitrogen and oxygen atoms in total. The number of nitrogen functional groups attached to an aromatic ring is 1. The highest BCUT2D eigenvalue weighted by Gasteiger charge is 2.19. The Hall–Kier alpha value is -1.71. The molecule has 20 heavy (non-hydrogen) atoms. The van der Waals surface area contributed by atoms with Gasteiger partial charge in [-0.15, -0.1) is 0 Å². The highest BCUT2D eigenvalue weighted by atomic mass is 16.1. The number of nitrogens with one attached hydrogen (secondary N) is 1. The second kappa shape index (κ2) is 7.17. The maximum atomic E-state index is 12.5. The molecule has 3 N–H and O–H groups in total. The Labute approximate surface area is 122 Å². The zero-order chi connectivity index (χ0) is 15.3. The van der Waals surface area contributed by atoms with E-state index in [-0.39, 0.29) is 11.9 Å². The molecule has 0 fully saturated rings. The van der Waals surface area contributed by atoms with Gasteiger partial charge in [-0.1, -0.05) is 26.7 Å². The molecule has 0 spiro atoms. The second-order valence-corrected chi connectivity index (χ2v) is 5.51. The van der Waals surface area contributed by atoms with E-state index in [1.54, 1.807) is 6.07 Å². The highest BCUT2D eigenvalue weighted by molar-refractivity contribution is 6.00. The SMILES string of the molecule is CCC(CC)C(C)NC(=O)c1cc(N)ccc1N(C)C. The van der Waals surface area contributed by atoms with Crippen molar-refractivity contribution in [3.63, 3.8) is 0 Å². The van der Waals surface area contributed by atoms with Gasteiger partial charge in [0.2, 0.25) is 0 Å². The molecule has 0 aromatic heterocycles. The molecule has 4 heteroatoms. The van der Waals surface area contributed by atoms with Crippen molar-refractivity contribution < 1.29 is 4.79 Å². The summed E-state index contributed by atoms with van der Waals surface area (Å²) < 4.78 is 0. The third-order valence-corrected chi connectivity index (χ3v) is 3.86. The van der Waals surface area contributed by atoms with Crippen LogP contribution in [0.2, 0.25) is 0 Å². The normalized spacial score (nSPS) is 12.3. The van der Waals surface area contributed by atoms with E-state index in [0.717, 1.165) is 18.5 Å². The van der Waals surface area contributed by atoms with Crippen molar-refractivity contribution >= 4 is 17.3 Å². The van der Waals surface area contributed by atoms with Gasteiger partial charge in [-0.3, -0.25) is 4.79 Å². The Balaban J connectivity index is 2.94. The van der Waals surface area contributed by atoms with Gasteiger partial charge in [0.25, 0.3) is 5.91 Å². The number of amides is 1. The third-order valence-electron chi connectivity index (χ3n) is 3.86. The highest BCUT2D eigenvalue weighted by Crippen LogP contribution is 2.22. The van der Waals surface area contributed by atoms with Gasteiger partial charge in [0, 0.05) is 31.5 Å². The summed E-state index contributed by atoms with van der Waals surface area (Å²) in [6.45, 7) is 6.38. The van der Waals surface area contributed by atoms with E-state index < -0.39 is 0 Å². The van der Waals surface area contributed by atoms with Crippen LogP contribution in [-0.2, 0) is 0 Å². The molecule has 1 aromatic rings. The topological polar surface area (TPSA) is 58.4 Å². The zero-order valence-electron chi connectivity index (χ0n) is 13.2. The molecule has 0 saturated carbocycles. The van der Waals surface area contributed by atoms with Crippen LogP contribution < -0.4 is 16.0 Å². The monoisotopic (exact) mass is 277 g/mol. The molecule has 1 aromatic carbocycles. The first-order chi connectivity index (χ1) is 9.40. The number of hydrogen-bond donors (Lipinski definition) is 2. The lowest BCUT2D eigenvalue weighted by Gasteiger charge is -2.24. The van der Waals surface area contributed by atoms with E-state index in [2.05, 4.69) is 26.1 Å². The summed E-state index contributed by atoms with van der Waals surface area (Å²) in [6, 6.07) is 5.60. The molecule has 0 heterocycles. The van der Waals surface area contributed by atoms with Crippen LogP contribution in [0.15, 0.2) is 18.2 Å². The number of hydrogen-bond acceptors (Lipinski definition) is 3. The average Bonchev–Trinajstić information content (AvgIpc) is 2.39. The number of carbonyl (C=O) groups is 1. The molecule has 0 aliphatic rings. The van der Waals surface area contributed by atoms with Crippen LogP contribution in [0.3, 0.4) is 0 Å². The summed E-state index contributed by atoms with van der Waals surface area (Å²) in [5, 5.41) is 3.10. The molecule has 1 amide bonds. The number of carbonyl (C=O) groups excluding carboxylic acids is 1. The predicted molar refractivity (Wildman–Crippen MR) is 86.2 cm³/mol. The van der Waals surface area contributed by atoms with Crippen molar-refractivity contribution in [1.82, 2.24) is 5.32 Å². The smallest absolute Gasteiger partial charge is 0.253 e. The summed E-state index contributed by atoms with van der Waals surface area (Å²) in [5.41, 5.74) is 7.93. The van der Waals surface area contributed by atoms with E-state index in [4.69, 9.17) is 5.73 Å². The lowest BCUT2D eigenvalue weighted by molar-refractivity contribution is 0.0926. The molecular formula is C16H27N3O. The predicted octanol–water partition coefficient (Wildman–Crippen LogP) is 2.89. The number of anilines is 2. The first-order valence-electron chi connectivity index (χ1n) is 7.28. The summed E-state index contributed by atoms with van der Waals surface area (Å²) in [4.78, 5) is 14.4. The van der Waals surface area contributed by atoms with Gasteiger partial charge >= 0.3 is 0 Å². The van der Waals surface area contributed by atoms with Gasteiger partial charge in [0.05, 0.1) is 5.56 Å². The van der Waals surface area contributed by atoms with E-state index in [9.17, 15) is 4.79 Å². The molecular weight excluding hydrogens is 250 g/mol. The fourth-order valence-electron chi connectivity index (χ4n) is 2.52. The summed E-state index contributed by atoms with van der Waals surface area (Å²) in [7, 11) is 3.85. The van der Waals surface area contributed by atoms with Gasteiger partial charge in [-0.25, -0.2) is 0 Å². The molecule has 0 radical (unpaired) electrons. The Morgan fingerprint density at radius 2 is 1.90 bits per heavy atom. The minimum absolute atomic E-state index is 0.0552. The van der Waals surface area contributed by atoms with Crippen molar-refractivity contribution in [3.05, 3.63) is 23.8 Å². The van der Waals surface area contributed by atoms with E-state index in [1.165, 1.54) is 0 Å². The fourth-order valence-corrected chi connectivity index (χ4v) is 2.52. The Kier molecular flexibility index (Phi) is 5.86. The third kappa shape index (κ3) is 3.89. The van der Waals surface area contributed by atoms with E-state index in [1.807, 2.05) is 31.1 Å². The molecule has 0 aliphatic heterocycles. The van der Waals surface area contributed by atoms with E-state index >= 15 is 0 Å². The maximum Gasteiger partial charge on any atom is 0.253 e. The van der Waals surface area contributed by atoms with Crippen molar-refractivity contribution in [2.24, 2.45) is 5.92 Å². The fraction of sp³-hybridized carbons (Fsp3) is 0.562. The molecule has 112 valence electrons. The van der Waals surface area contributed by atoms with Crippen molar-refractivity contribution in [2.75, 3.05) is 24.7 Å². The average molecular weight is 277 g/mol. The second-order valence-electron chi connectivity index (χ2n) is 5.51. The van der Waals surface area contributed by atoms with Gasteiger partial charge < -0.3 is 16.0 Å². The first kappa shape index (κ1) is 16.3. The van der Waals surface area contributed by atoms with Gasteiger partial charge in [-0.05, 0) is 31.0 Å². The van der Waals surface area contributed by atoms with Crippen molar-refractivity contribution in [3.8, 4) is 0 Å². The van der Waals surface area contributed by atoms with Gasteiger partial charge in [-0.2, -0.15) is 0 Å². The van der Waals surface area contributed by atoms with Crippen LogP contribution in [0.1, 0.15) is 44.0 Å². The van der Waals surface area contributed by atoms with Crippen molar-refractivity contribution in [2.45, 2.75) is 39.7 Å². The molecule has 0 aliphatic carbocycles. The number of nitrogens with two attached hydrogens (primary N) is 1. The largest absolute Gasteiger partial charge is 0.399 e. The van der Waals surface area contributed by atoms with Crippen LogP contribution in [0.4, 0.5) is 11.4 Å². The number of nitrogens with zero attached hydrogens (tertiary/aromatic N) is 1. The zero-order valence-corrected chi connectivity index (χ0v) is 13.2. The number of rotatable bonds is 6. The van der Waals surface area contributed by atoms with Gasteiger partial charge in [0.1, 0.15) is 0 Å². The van der Waals surface area contributed by atoms with Crippen LogP contribution in [-0.4, -0.2) is 26.0 Å². The molecule has 1 atom stereocenters. The van der Waals surface area contributed by atoms with Gasteiger partial charge in [0.15, 0.2) is 0 Å². The lowest BCUT2D eigenvalue weighted by atomic mass is 9.95. The summed E-state index contributed by atoms with van der Waals surface area (Å²) in [6.07, 6.45) is 2.13. The minimum atomic E-state index is -0.0552. The van der Waals surface area contributed by atoms with E-state index in [0.29, 0.717) is 17.2 Å². The minimum Gasteiger partial charge on any atom is -0.399 e.